The van der Waals surface area contributed by atoms with Crippen LogP contribution in [0, 0.1) is 11.8 Å². The summed E-state index contributed by atoms with van der Waals surface area (Å²) < 4.78 is 5.51. The summed E-state index contributed by atoms with van der Waals surface area (Å²) in [6, 6.07) is 6.67. The van der Waals surface area contributed by atoms with Crippen molar-refractivity contribution in [3.8, 4) is 11.8 Å². The molecule has 0 amide bonds. The van der Waals surface area contributed by atoms with E-state index in [1.807, 2.05) is 6.07 Å². The number of methoxy groups -OCH3 is 1. The first-order valence-corrected chi connectivity index (χ1v) is 6.77. The lowest BCUT2D eigenvalue weighted by Gasteiger charge is -2.01. The molecule has 0 aliphatic heterocycles. The lowest BCUT2D eigenvalue weighted by atomic mass is 10.1. The molecule has 0 N–H and O–H groups in total. The van der Waals surface area contributed by atoms with Crippen molar-refractivity contribution >= 4 is 33.5 Å². The van der Waals surface area contributed by atoms with Crippen molar-refractivity contribution in [2.45, 2.75) is 0 Å². The maximum absolute atomic E-state index is 11.5. The van der Waals surface area contributed by atoms with Crippen LogP contribution in [0.3, 0.4) is 0 Å². The average Bonchev–Trinajstić information content (AvgIpc) is 2.45. The van der Waals surface area contributed by atoms with Crippen LogP contribution in [0.15, 0.2) is 41.1 Å². The van der Waals surface area contributed by atoms with Gasteiger partial charge in [0.2, 0.25) is 0 Å². The molecule has 0 unspecified atom stereocenters. The number of nitrogens with zero attached hydrogens (tertiary/aromatic N) is 1. The van der Waals surface area contributed by atoms with E-state index < -0.39 is 5.97 Å². The van der Waals surface area contributed by atoms with Gasteiger partial charge in [0.25, 0.3) is 0 Å². The second-order valence-corrected chi connectivity index (χ2v) is 5.15. The fraction of sp³-hybridized carbons (Fsp3) is 0.0667. The smallest absolute Gasteiger partial charge is 0.337 e. The number of pyridine rings is 1. The molecule has 0 fully saturated rings. The highest BCUT2D eigenvalue weighted by molar-refractivity contribution is 9.10. The number of rotatable bonds is 1. The maximum Gasteiger partial charge on any atom is 0.337 e. The monoisotopic (exact) mass is 349 g/mol. The molecule has 1 aromatic heterocycles. The van der Waals surface area contributed by atoms with Crippen molar-refractivity contribution in [1.29, 1.82) is 0 Å². The number of hydrogen-bond acceptors (Lipinski definition) is 3. The summed E-state index contributed by atoms with van der Waals surface area (Å²) in [5, 5.41) is 0.480. The Bertz CT molecular complexity index is 719. The molecule has 2 rings (SSSR count). The highest BCUT2D eigenvalue weighted by Crippen LogP contribution is 2.17. The van der Waals surface area contributed by atoms with Gasteiger partial charge in [0.05, 0.1) is 17.7 Å². The zero-order valence-electron chi connectivity index (χ0n) is 10.5. The second kappa shape index (κ2) is 6.56. The van der Waals surface area contributed by atoms with Gasteiger partial charge >= 0.3 is 5.97 Å². The Morgan fingerprint density at radius 1 is 1.30 bits per heavy atom. The minimum Gasteiger partial charge on any atom is -0.465 e. The molecular weight excluding hydrogens is 342 g/mol. The molecule has 0 radical (unpaired) electrons. The zero-order valence-corrected chi connectivity index (χ0v) is 12.8. The van der Waals surface area contributed by atoms with Crippen LogP contribution in [0.5, 0.6) is 0 Å². The van der Waals surface area contributed by atoms with Gasteiger partial charge in [-0.05, 0) is 40.2 Å². The summed E-state index contributed by atoms with van der Waals surface area (Å²) in [5.74, 6) is 5.45. The van der Waals surface area contributed by atoms with Gasteiger partial charge in [-0.25, -0.2) is 4.79 Å². The predicted molar refractivity (Wildman–Crippen MR) is 80.7 cm³/mol. The Balaban J connectivity index is 2.36. The first kappa shape index (κ1) is 14.6. The van der Waals surface area contributed by atoms with Crippen molar-refractivity contribution in [2.75, 3.05) is 7.11 Å². The van der Waals surface area contributed by atoms with Crippen LogP contribution in [0.25, 0.3) is 0 Å². The van der Waals surface area contributed by atoms with E-state index in [2.05, 4.69) is 37.5 Å². The molecule has 0 spiro atoms. The number of carbonyl (C=O) groups excluding carboxylic acids is 1. The Kier molecular flexibility index (Phi) is 4.78. The van der Waals surface area contributed by atoms with Gasteiger partial charge in [0.1, 0.15) is 0 Å². The molecule has 3 nitrogen and oxygen atoms in total. The summed E-state index contributed by atoms with van der Waals surface area (Å²) in [7, 11) is 1.33. The van der Waals surface area contributed by atoms with E-state index in [1.54, 1.807) is 30.6 Å². The quantitative estimate of drug-likeness (QED) is 0.582. The number of ether oxygens (including phenoxy) is 1. The summed E-state index contributed by atoms with van der Waals surface area (Å²) in [6.45, 7) is 0. The third-order valence-corrected chi connectivity index (χ3v) is 3.20. The molecule has 1 aromatic carbocycles. The summed E-state index contributed by atoms with van der Waals surface area (Å²) in [4.78, 5) is 15.5. The molecule has 0 saturated heterocycles. The van der Waals surface area contributed by atoms with Crippen molar-refractivity contribution < 1.29 is 9.53 Å². The fourth-order valence-corrected chi connectivity index (χ4v) is 2.02. The lowest BCUT2D eigenvalue weighted by molar-refractivity contribution is 0.0600. The van der Waals surface area contributed by atoms with Crippen LogP contribution in [0.2, 0.25) is 5.02 Å². The van der Waals surface area contributed by atoms with Crippen molar-refractivity contribution in [3.63, 3.8) is 0 Å². The minimum atomic E-state index is -0.422. The van der Waals surface area contributed by atoms with Crippen LogP contribution < -0.4 is 0 Å². The number of halogens is 2. The zero-order chi connectivity index (χ0) is 14.5. The van der Waals surface area contributed by atoms with Gasteiger partial charge in [0, 0.05) is 28.0 Å². The van der Waals surface area contributed by atoms with E-state index in [1.165, 1.54) is 7.11 Å². The molecule has 0 bridgehead atoms. The second-order valence-electron chi connectivity index (χ2n) is 3.83. The molecule has 20 heavy (non-hydrogen) atoms. The summed E-state index contributed by atoms with van der Waals surface area (Å²) in [5.41, 5.74) is 1.72. The molecule has 5 heteroatoms. The summed E-state index contributed by atoms with van der Waals surface area (Å²) in [6.07, 6.45) is 3.33. The molecule has 0 aliphatic carbocycles. The Morgan fingerprint density at radius 2 is 2.10 bits per heavy atom. The van der Waals surface area contributed by atoms with E-state index >= 15 is 0 Å². The van der Waals surface area contributed by atoms with Crippen LogP contribution in [-0.4, -0.2) is 18.1 Å². The fourth-order valence-electron chi connectivity index (χ4n) is 1.49. The maximum atomic E-state index is 11.5. The van der Waals surface area contributed by atoms with E-state index in [0.29, 0.717) is 16.1 Å². The van der Waals surface area contributed by atoms with Crippen LogP contribution in [0.4, 0.5) is 0 Å². The number of benzene rings is 1. The minimum absolute atomic E-state index is 0.411. The largest absolute Gasteiger partial charge is 0.465 e. The van der Waals surface area contributed by atoms with Crippen molar-refractivity contribution in [1.82, 2.24) is 4.98 Å². The highest BCUT2D eigenvalue weighted by Gasteiger charge is 2.07. The Morgan fingerprint density at radius 3 is 2.80 bits per heavy atom. The summed E-state index contributed by atoms with van der Waals surface area (Å²) >= 11 is 9.39. The van der Waals surface area contributed by atoms with Gasteiger partial charge in [-0.15, -0.1) is 0 Å². The molecule has 0 aliphatic rings. The van der Waals surface area contributed by atoms with E-state index in [4.69, 9.17) is 11.6 Å². The third kappa shape index (κ3) is 3.60. The van der Waals surface area contributed by atoms with E-state index in [-0.39, 0.29) is 0 Å². The number of carbonyl (C=O) groups is 1. The molecule has 0 atom stereocenters. The lowest BCUT2D eigenvalue weighted by Crippen LogP contribution is -2.01. The van der Waals surface area contributed by atoms with Crippen LogP contribution >= 0.6 is 27.5 Å². The van der Waals surface area contributed by atoms with Crippen molar-refractivity contribution in [3.05, 3.63) is 62.8 Å². The first-order chi connectivity index (χ1) is 9.60. The van der Waals surface area contributed by atoms with Gasteiger partial charge in [0.15, 0.2) is 0 Å². The SMILES string of the molecule is COC(=O)c1ccc(Cl)c(C#Cc2cncc(Br)c2)c1. The average molecular weight is 351 g/mol. The first-order valence-electron chi connectivity index (χ1n) is 5.60. The standard InChI is InChI=1S/C15H9BrClNO2/c1-20-15(19)12-4-5-14(17)11(7-12)3-2-10-6-13(16)9-18-8-10/h4-9H,1H3. The molecule has 1 heterocycles. The molecule has 0 saturated carbocycles. The molecule has 2 aromatic rings. The van der Waals surface area contributed by atoms with Gasteiger partial charge < -0.3 is 4.74 Å². The number of aromatic nitrogens is 1. The van der Waals surface area contributed by atoms with Crippen LogP contribution in [0.1, 0.15) is 21.5 Å². The third-order valence-electron chi connectivity index (χ3n) is 2.43. The van der Waals surface area contributed by atoms with Gasteiger partial charge in [-0.3, -0.25) is 4.98 Å². The normalized spacial score (nSPS) is 9.55. The van der Waals surface area contributed by atoms with Crippen LogP contribution in [-0.2, 0) is 4.74 Å². The van der Waals surface area contributed by atoms with Gasteiger partial charge in [-0.1, -0.05) is 23.4 Å². The van der Waals surface area contributed by atoms with E-state index in [0.717, 1.165) is 10.0 Å². The van der Waals surface area contributed by atoms with Gasteiger partial charge in [-0.2, -0.15) is 0 Å². The molecular formula is C15H9BrClNO2. The number of hydrogen-bond donors (Lipinski definition) is 0. The van der Waals surface area contributed by atoms with E-state index in [9.17, 15) is 4.79 Å². The topological polar surface area (TPSA) is 39.2 Å². The highest BCUT2D eigenvalue weighted by atomic mass is 79.9. The Hall–Kier alpha value is -1.83. The molecule has 100 valence electrons. The van der Waals surface area contributed by atoms with Crippen molar-refractivity contribution in [2.24, 2.45) is 0 Å². The number of esters is 1. The predicted octanol–water partition coefficient (Wildman–Crippen LogP) is 3.68. The Labute approximate surface area is 130 Å².